The topological polar surface area (TPSA) is 46.6 Å². The van der Waals surface area contributed by atoms with E-state index in [0.717, 1.165) is 5.06 Å². The molecule has 4 nitrogen and oxygen atoms in total. The molecule has 0 N–H and O–H groups in total. The minimum absolute atomic E-state index is 0.0271. The highest BCUT2D eigenvalue weighted by atomic mass is 32.2. The maximum atomic E-state index is 11.8. The highest BCUT2D eigenvalue weighted by Crippen LogP contribution is 2.22. The van der Waals surface area contributed by atoms with Crippen LogP contribution in [0.25, 0.3) is 0 Å². The molecule has 0 spiro atoms. The summed E-state index contributed by atoms with van der Waals surface area (Å²) in [6.45, 7) is 4.05. The summed E-state index contributed by atoms with van der Waals surface area (Å²) in [6, 6.07) is 0. The van der Waals surface area contributed by atoms with Crippen molar-refractivity contribution in [2.75, 3.05) is 18.8 Å². The van der Waals surface area contributed by atoms with Gasteiger partial charge in [0.2, 0.25) is 0 Å². The molecular formula is C9H14F3NO3S. The van der Waals surface area contributed by atoms with Crippen molar-refractivity contribution < 1.29 is 27.0 Å². The monoisotopic (exact) mass is 273 g/mol. The van der Waals surface area contributed by atoms with Gasteiger partial charge in [-0.05, 0) is 0 Å². The van der Waals surface area contributed by atoms with E-state index in [0.29, 0.717) is 5.75 Å². The molecule has 1 saturated heterocycles. The van der Waals surface area contributed by atoms with E-state index in [1.54, 1.807) is 0 Å². The molecule has 1 aliphatic heterocycles. The first-order valence-electron chi connectivity index (χ1n) is 5.11. The molecule has 0 bridgehead atoms. The Morgan fingerprint density at radius 2 is 2.00 bits per heavy atom. The SMILES string of the molecule is CC(C)S(=O)CC1CN(OC(=O)C(F)(F)F)C1. The first-order chi connectivity index (χ1) is 7.70. The van der Waals surface area contributed by atoms with Gasteiger partial charge in [0, 0.05) is 40.8 Å². The van der Waals surface area contributed by atoms with Gasteiger partial charge in [0.15, 0.2) is 0 Å². The van der Waals surface area contributed by atoms with Crippen molar-refractivity contribution in [3.8, 4) is 0 Å². The fourth-order valence-electron chi connectivity index (χ4n) is 1.30. The second-order valence-electron chi connectivity index (χ2n) is 4.19. The number of nitrogens with zero attached hydrogens (tertiary/aromatic N) is 1. The summed E-state index contributed by atoms with van der Waals surface area (Å²) in [6.07, 6.45) is -4.97. The lowest BCUT2D eigenvalue weighted by Gasteiger charge is -2.37. The number of carbonyl (C=O) groups excluding carboxylic acids is 1. The Bertz CT molecular complexity index is 313. The molecule has 0 aromatic heterocycles. The summed E-state index contributed by atoms with van der Waals surface area (Å²) < 4.78 is 46.9. The zero-order chi connectivity index (χ0) is 13.2. The van der Waals surface area contributed by atoms with Gasteiger partial charge in [0.1, 0.15) is 0 Å². The van der Waals surface area contributed by atoms with Gasteiger partial charge >= 0.3 is 12.1 Å². The fourth-order valence-corrected chi connectivity index (χ4v) is 2.36. The molecule has 100 valence electrons. The van der Waals surface area contributed by atoms with Crippen molar-refractivity contribution in [3.63, 3.8) is 0 Å². The first-order valence-corrected chi connectivity index (χ1v) is 6.49. The molecule has 0 aromatic rings. The molecule has 1 atom stereocenters. The van der Waals surface area contributed by atoms with E-state index < -0.39 is 22.9 Å². The highest BCUT2D eigenvalue weighted by molar-refractivity contribution is 7.85. The smallest absolute Gasteiger partial charge is 0.361 e. The van der Waals surface area contributed by atoms with Crippen molar-refractivity contribution in [3.05, 3.63) is 0 Å². The molecule has 0 saturated carbocycles. The molecule has 0 aromatic carbocycles. The summed E-state index contributed by atoms with van der Waals surface area (Å²) in [5.74, 6) is -1.75. The number of hydrogen-bond acceptors (Lipinski definition) is 4. The number of hydrogen-bond donors (Lipinski definition) is 0. The number of rotatable bonds is 4. The number of carbonyl (C=O) groups is 1. The van der Waals surface area contributed by atoms with Crippen LogP contribution in [0.1, 0.15) is 13.8 Å². The molecule has 1 heterocycles. The van der Waals surface area contributed by atoms with E-state index in [4.69, 9.17) is 0 Å². The maximum Gasteiger partial charge on any atom is 0.492 e. The van der Waals surface area contributed by atoms with E-state index in [-0.39, 0.29) is 24.3 Å². The van der Waals surface area contributed by atoms with E-state index in [9.17, 15) is 22.2 Å². The predicted octanol–water partition coefficient (Wildman–Crippen LogP) is 1.10. The van der Waals surface area contributed by atoms with Crippen molar-refractivity contribution in [1.82, 2.24) is 5.06 Å². The van der Waals surface area contributed by atoms with Crippen LogP contribution in [0.4, 0.5) is 13.2 Å². The zero-order valence-electron chi connectivity index (χ0n) is 9.49. The predicted molar refractivity (Wildman–Crippen MR) is 55.4 cm³/mol. The molecule has 1 aliphatic rings. The minimum Gasteiger partial charge on any atom is -0.361 e. The van der Waals surface area contributed by atoms with Crippen LogP contribution < -0.4 is 0 Å². The van der Waals surface area contributed by atoms with Crippen LogP contribution in [-0.4, -0.2) is 45.5 Å². The van der Waals surface area contributed by atoms with Crippen molar-refractivity contribution in [1.29, 1.82) is 0 Å². The van der Waals surface area contributed by atoms with E-state index >= 15 is 0 Å². The first kappa shape index (κ1) is 14.4. The lowest BCUT2D eigenvalue weighted by molar-refractivity contribution is -0.257. The Kier molecular flexibility index (Phi) is 4.54. The summed E-state index contributed by atoms with van der Waals surface area (Å²) in [5.41, 5.74) is 0. The average Bonchev–Trinajstić information content (AvgIpc) is 2.11. The van der Waals surface area contributed by atoms with Gasteiger partial charge < -0.3 is 4.84 Å². The quantitative estimate of drug-likeness (QED) is 0.769. The van der Waals surface area contributed by atoms with E-state index in [2.05, 4.69) is 4.84 Å². The fraction of sp³-hybridized carbons (Fsp3) is 0.889. The Morgan fingerprint density at radius 3 is 2.41 bits per heavy atom. The van der Waals surface area contributed by atoms with Crippen LogP contribution in [0, 0.1) is 5.92 Å². The van der Waals surface area contributed by atoms with Crippen LogP contribution in [-0.2, 0) is 20.4 Å². The maximum absolute atomic E-state index is 11.8. The van der Waals surface area contributed by atoms with Crippen LogP contribution in [0.3, 0.4) is 0 Å². The third kappa shape index (κ3) is 4.27. The van der Waals surface area contributed by atoms with Crippen LogP contribution in [0.5, 0.6) is 0 Å². The Morgan fingerprint density at radius 1 is 1.47 bits per heavy atom. The second kappa shape index (κ2) is 5.34. The Labute approximate surface area is 99.5 Å². The Balaban J connectivity index is 2.24. The second-order valence-corrected chi connectivity index (χ2v) is 6.22. The number of halogens is 3. The van der Waals surface area contributed by atoms with Crippen molar-refractivity contribution in [2.24, 2.45) is 5.92 Å². The normalized spacial score (nSPS) is 20.1. The lowest BCUT2D eigenvalue weighted by atomic mass is 10.1. The molecule has 1 rings (SSSR count). The highest BCUT2D eigenvalue weighted by Gasteiger charge is 2.44. The van der Waals surface area contributed by atoms with Gasteiger partial charge in [-0.2, -0.15) is 13.2 Å². The average molecular weight is 273 g/mol. The summed E-state index contributed by atoms with van der Waals surface area (Å²) in [5, 5.41) is 0.972. The molecule has 0 aliphatic carbocycles. The van der Waals surface area contributed by atoms with E-state index in [1.807, 2.05) is 13.8 Å². The molecule has 1 fully saturated rings. The third-order valence-corrected chi connectivity index (χ3v) is 4.14. The van der Waals surface area contributed by atoms with Gasteiger partial charge in [-0.1, -0.05) is 13.8 Å². The van der Waals surface area contributed by atoms with Gasteiger partial charge in [0.25, 0.3) is 0 Å². The van der Waals surface area contributed by atoms with E-state index in [1.165, 1.54) is 0 Å². The molecule has 17 heavy (non-hydrogen) atoms. The van der Waals surface area contributed by atoms with Crippen LogP contribution in [0.2, 0.25) is 0 Å². The van der Waals surface area contributed by atoms with Crippen LogP contribution in [0.15, 0.2) is 0 Å². The molecule has 1 unspecified atom stereocenters. The molecule has 8 heteroatoms. The standard InChI is InChI=1S/C9H14F3NO3S/c1-6(2)17(15)5-7-3-13(4-7)16-8(14)9(10,11)12/h6-7H,3-5H2,1-2H3. The molecular weight excluding hydrogens is 259 g/mol. The summed E-state index contributed by atoms with van der Waals surface area (Å²) >= 11 is 0. The summed E-state index contributed by atoms with van der Waals surface area (Å²) in [4.78, 5) is 14.5. The lowest BCUT2D eigenvalue weighted by Crippen LogP contribution is -2.51. The number of hydroxylamine groups is 2. The Hall–Kier alpha value is -0.630. The summed E-state index contributed by atoms with van der Waals surface area (Å²) in [7, 11) is -0.985. The number of alkyl halides is 3. The zero-order valence-corrected chi connectivity index (χ0v) is 10.3. The molecule has 0 radical (unpaired) electrons. The van der Waals surface area contributed by atoms with Crippen molar-refractivity contribution in [2.45, 2.75) is 25.3 Å². The van der Waals surface area contributed by atoms with Gasteiger partial charge in [0.05, 0.1) is 0 Å². The van der Waals surface area contributed by atoms with Crippen molar-refractivity contribution >= 4 is 16.8 Å². The molecule has 0 amide bonds. The van der Waals surface area contributed by atoms with Gasteiger partial charge in [-0.25, -0.2) is 4.79 Å². The van der Waals surface area contributed by atoms with Crippen LogP contribution >= 0.6 is 0 Å². The largest absolute Gasteiger partial charge is 0.492 e. The van der Waals surface area contributed by atoms with Gasteiger partial charge in [-0.15, -0.1) is 5.06 Å². The minimum atomic E-state index is -4.97. The van der Waals surface area contributed by atoms with Gasteiger partial charge in [-0.3, -0.25) is 4.21 Å². The third-order valence-electron chi connectivity index (χ3n) is 2.29.